The van der Waals surface area contributed by atoms with Gasteiger partial charge in [0.15, 0.2) is 0 Å². The average molecular weight is 511 g/mol. The van der Waals surface area contributed by atoms with Gasteiger partial charge in [0.05, 0.1) is 24.7 Å². The van der Waals surface area contributed by atoms with E-state index >= 15 is 0 Å². The number of amides is 2. The molecule has 2 bridgehead atoms. The topological polar surface area (TPSA) is 96.4 Å². The van der Waals surface area contributed by atoms with Crippen molar-refractivity contribution in [2.45, 2.75) is 62.8 Å². The highest BCUT2D eigenvalue weighted by Gasteiger charge is 2.78. The van der Waals surface area contributed by atoms with Gasteiger partial charge in [-0.05, 0) is 44.6 Å². The second-order valence-corrected chi connectivity index (χ2v) is 10.4. The number of carbonyl (C=O) groups excluding carboxylic acids is 3. The lowest BCUT2D eigenvalue weighted by Gasteiger charge is -2.36. The van der Waals surface area contributed by atoms with Crippen molar-refractivity contribution in [2.24, 2.45) is 11.8 Å². The third-order valence-electron chi connectivity index (χ3n) is 8.03. The van der Waals surface area contributed by atoms with Crippen LogP contribution in [0.25, 0.3) is 0 Å². The third kappa shape index (κ3) is 4.84. The fourth-order valence-corrected chi connectivity index (χ4v) is 6.43. The Hall–Kier alpha value is -2.97. The van der Waals surface area contributed by atoms with E-state index in [2.05, 4.69) is 13.2 Å². The van der Waals surface area contributed by atoms with Gasteiger partial charge in [0, 0.05) is 19.6 Å². The predicted molar refractivity (Wildman–Crippen MR) is 138 cm³/mol. The molecule has 0 aliphatic carbocycles. The maximum Gasteiger partial charge on any atom is 0.312 e. The van der Waals surface area contributed by atoms with E-state index in [1.165, 1.54) is 4.90 Å². The van der Waals surface area contributed by atoms with Crippen molar-refractivity contribution < 1.29 is 29.0 Å². The Kier molecular flexibility index (Phi) is 8.19. The second-order valence-electron chi connectivity index (χ2n) is 10.4. The summed E-state index contributed by atoms with van der Waals surface area (Å²) in [4.78, 5) is 44.4. The van der Waals surface area contributed by atoms with E-state index in [4.69, 9.17) is 9.47 Å². The van der Waals surface area contributed by atoms with Gasteiger partial charge in [-0.2, -0.15) is 0 Å². The maximum atomic E-state index is 14.1. The minimum absolute atomic E-state index is 0.00977. The van der Waals surface area contributed by atoms with Crippen LogP contribution in [0.1, 0.15) is 44.6 Å². The molecule has 3 aliphatic rings. The smallest absolute Gasteiger partial charge is 0.312 e. The minimum atomic E-state index is -1.14. The molecular formula is C29H38N2O6. The van der Waals surface area contributed by atoms with Crippen molar-refractivity contribution >= 4 is 17.8 Å². The highest BCUT2D eigenvalue weighted by Crippen LogP contribution is 2.63. The van der Waals surface area contributed by atoms with Gasteiger partial charge >= 0.3 is 5.97 Å². The van der Waals surface area contributed by atoms with Crippen molar-refractivity contribution in [1.29, 1.82) is 0 Å². The van der Waals surface area contributed by atoms with Gasteiger partial charge in [-0.25, -0.2) is 0 Å². The lowest BCUT2D eigenvalue weighted by Crippen LogP contribution is -2.56. The third-order valence-corrected chi connectivity index (χ3v) is 8.03. The summed E-state index contributed by atoms with van der Waals surface area (Å²) in [5.41, 5.74) is -1.07. The number of hydrogen-bond acceptors (Lipinski definition) is 6. The fraction of sp³-hybridized carbons (Fsp3) is 0.552. The minimum Gasteiger partial charge on any atom is -0.465 e. The molecular weight excluding hydrogens is 472 g/mol. The maximum absolute atomic E-state index is 14.1. The molecule has 8 nitrogen and oxygen atoms in total. The quantitative estimate of drug-likeness (QED) is 0.249. The van der Waals surface area contributed by atoms with Gasteiger partial charge in [0.1, 0.15) is 17.6 Å². The van der Waals surface area contributed by atoms with Gasteiger partial charge in [-0.15, -0.1) is 13.2 Å². The van der Waals surface area contributed by atoms with Crippen LogP contribution in [0, 0.1) is 11.8 Å². The lowest BCUT2D eigenvalue weighted by molar-refractivity contribution is -0.160. The molecule has 37 heavy (non-hydrogen) atoms. The van der Waals surface area contributed by atoms with Crippen LogP contribution in [-0.2, 0) is 30.4 Å². The van der Waals surface area contributed by atoms with Gasteiger partial charge in [0.25, 0.3) is 0 Å². The molecule has 200 valence electrons. The molecule has 3 fully saturated rings. The molecule has 4 rings (SSSR count). The molecule has 8 heteroatoms. The van der Waals surface area contributed by atoms with Crippen LogP contribution in [0.15, 0.2) is 55.6 Å². The molecule has 1 N–H and O–H groups in total. The largest absolute Gasteiger partial charge is 0.465 e. The Labute approximate surface area is 218 Å². The average Bonchev–Trinajstić information content (AvgIpc) is 3.45. The number of fused-ring (bicyclic) bond motifs is 1. The van der Waals surface area contributed by atoms with E-state index in [1.54, 1.807) is 11.0 Å². The summed E-state index contributed by atoms with van der Waals surface area (Å²) in [6.45, 7) is 9.96. The Balaban J connectivity index is 1.63. The number of likely N-dealkylation sites (tertiary alicyclic amines) is 1. The number of nitrogens with zero attached hydrogens (tertiary/aromatic N) is 2. The second kappa shape index (κ2) is 11.2. The highest BCUT2D eigenvalue weighted by atomic mass is 16.6. The van der Waals surface area contributed by atoms with Gasteiger partial charge in [-0.3, -0.25) is 14.4 Å². The normalized spacial score (nSPS) is 29.7. The van der Waals surface area contributed by atoms with Crippen molar-refractivity contribution in [2.75, 3.05) is 26.3 Å². The van der Waals surface area contributed by atoms with Crippen molar-refractivity contribution in [1.82, 2.24) is 9.80 Å². The highest BCUT2D eigenvalue weighted by molar-refractivity contribution is 5.98. The number of allylic oxidation sites excluding steroid dienone is 1. The Bertz CT molecular complexity index is 1030. The summed E-state index contributed by atoms with van der Waals surface area (Å²) in [6, 6.07) is 8.68. The first-order valence-corrected chi connectivity index (χ1v) is 13.2. The number of rotatable bonds is 13. The number of esters is 1. The Morgan fingerprint density at radius 1 is 1.22 bits per heavy atom. The van der Waals surface area contributed by atoms with E-state index in [0.29, 0.717) is 32.4 Å². The molecule has 1 spiro atoms. The molecule has 3 saturated heterocycles. The van der Waals surface area contributed by atoms with Crippen LogP contribution in [0.2, 0.25) is 0 Å². The van der Waals surface area contributed by atoms with E-state index in [9.17, 15) is 19.5 Å². The molecule has 3 aliphatic heterocycles. The zero-order chi connectivity index (χ0) is 26.6. The summed E-state index contributed by atoms with van der Waals surface area (Å²) in [6.07, 6.45) is 6.93. The molecule has 5 atom stereocenters. The standard InChI is InChI=1S/C29H38N2O6/c1-4-6-7-11-19-36-27(35)23-22-25(33)31(17-18-32)24(29(22)15-14-28(23,3)37-29)26(34)30(16-5-2)20-21-12-9-8-10-13-21/h4-5,8-10,12-13,22-24,32H,1-2,6-7,11,14-20H2,3H3/t22-,23+,24?,28-,29?/m0/s1. The molecule has 0 saturated carbocycles. The summed E-state index contributed by atoms with van der Waals surface area (Å²) in [7, 11) is 0. The molecule has 3 heterocycles. The Morgan fingerprint density at radius 2 is 1.97 bits per heavy atom. The van der Waals surface area contributed by atoms with Crippen LogP contribution < -0.4 is 0 Å². The number of aliphatic hydroxyl groups excluding tert-OH is 1. The van der Waals surface area contributed by atoms with E-state index in [1.807, 2.05) is 43.3 Å². The Morgan fingerprint density at radius 3 is 2.65 bits per heavy atom. The number of unbranched alkanes of at least 4 members (excludes halogenated alkanes) is 2. The van der Waals surface area contributed by atoms with Crippen molar-refractivity contribution in [3.05, 3.63) is 61.2 Å². The van der Waals surface area contributed by atoms with Crippen LogP contribution in [0.3, 0.4) is 0 Å². The number of hydrogen-bond donors (Lipinski definition) is 1. The first kappa shape index (κ1) is 27.1. The number of aliphatic hydroxyl groups is 1. The zero-order valence-electron chi connectivity index (χ0n) is 21.6. The summed E-state index contributed by atoms with van der Waals surface area (Å²) in [5, 5.41) is 9.79. The summed E-state index contributed by atoms with van der Waals surface area (Å²) in [5.74, 6) is -2.67. The molecule has 0 aromatic heterocycles. The predicted octanol–water partition coefficient (Wildman–Crippen LogP) is 2.86. The van der Waals surface area contributed by atoms with E-state index < -0.39 is 35.0 Å². The van der Waals surface area contributed by atoms with Crippen molar-refractivity contribution in [3.63, 3.8) is 0 Å². The summed E-state index contributed by atoms with van der Waals surface area (Å²) >= 11 is 0. The molecule has 1 aromatic carbocycles. The van der Waals surface area contributed by atoms with Crippen LogP contribution in [0.4, 0.5) is 0 Å². The number of carbonyl (C=O) groups is 3. The molecule has 0 radical (unpaired) electrons. The molecule has 2 unspecified atom stereocenters. The lowest BCUT2D eigenvalue weighted by atomic mass is 9.66. The SMILES string of the molecule is C=CCCCCOC(=O)[C@H]1[C@H]2C(=O)N(CCO)C(C(=O)N(CC=C)Cc3ccccc3)C23CC[C@]1(C)O3. The first-order chi connectivity index (χ1) is 17.8. The van der Waals surface area contributed by atoms with Gasteiger partial charge in [0.2, 0.25) is 11.8 Å². The first-order valence-electron chi connectivity index (χ1n) is 13.2. The number of ether oxygens (including phenoxy) is 2. The summed E-state index contributed by atoms with van der Waals surface area (Å²) < 4.78 is 12.2. The van der Waals surface area contributed by atoms with Crippen LogP contribution in [-0.4, -0.2) is 76.2 Å². The van der Waals surface area contributed by atoms with E-state index in [-0.39, 0.29) is 31.6 Å². The van der Waals surface area contributed by atoms with E-state index in [0.717, 1.165) is 18.4 Å². The molecule has 2 amide bonds. The molecule has 1 aromatic rings. The zero-order valence-corrected chi connectivity index (χ0v) is 21.6. The van der Waals surface area contributed by atoms with Gasteiger partial charge < -0.3 is 24.4 Å². The van der Waals surface area contributed by atoms with Crippen LogP contribution >= 0.6 is 0 Å². The van der Waals surface area contributed by atoms with Gasteiger partial charge in [-0.1, -0.05) is 42.5 Å². The monoisotopic (exact) mass is 510 g/mol. The number of benzene rings is 1. The van der Waals surface area contributed by atoms with Crippen LogP contribution in [0.5, 0.6) is 0 Å². The number of β-amino-alcohol motifs (C(OH)–C–C–N with tert-alkyl or cyclic N) is 1. The van der Waals surface area contributed by atoms with Crippen molar-refractivity contribution in [3.8, 4) is 0 Å². The fourth-order valence-electron chi connectivity index (χ4n) is 6.43.